The number of amides is 1. The molecule has 2 heterocycles. The Morgan fingerprint density at radius 2 is 1.97 bits per heavy atom. The molecule has 0 spiro atoms. The number of benzene rings is 1. The van der Waals surface area contributed by atoms with Gasteiger partial charge in [0.25, 0.3) is 5.91 Å². The Balaban J connectivity index is 2.19. The Labute approximate surface area is 172 Å². The number of halogens is 3. The van der Waals surface area contributed by atoms with E-state index in [4.69, 9.17) is 5.73 Å². The molecule has 0 fully saturated rings. The van der Waals surface area contributed by atoms with E-state index in [1.54, 1.807) is 19.2 Å². The number of ether oxygens (including phenoxy) is 1. The van der Waals surface area contributed by atoms with Crippen LogP contribution in [-0.2, 0) is 13.0 Å². The first-order chi connectivity index (χ1) is 14.2. The lowest BCUT2D eigenvalue weighted by Crippen LogP contribution is -2.17. The minimum atomic E-state index is -4.81. The number of carbonyl (C=O) groups is 1. The van der Waals surface area contributed by atoms with E-state index in [0.29, 0.717) is 35.3 Å². The van der Waals surface area contributed by atoms with Crippen LogP contribution >= 0.6 is 0 Å². The van der Waals surface area contributed by atoms with E-state index < -0.39 is 12.3 Å². The number of alkyl halides is 3. The van der Waals surface area contributed by atoms with E-state index in [1.165, 1.54) is 18.2 Å². The van der Waals surface area contributed by atoms with Gasteiger partial charge < -0.3 is 15.0 Å². The summed E-state index contributed by atoms with van der Waals surface area (Å²) in [5.74, 6) is -0.991. The molecule has 0 aliphatic heterocycles. The maximum atomic E-state index is 12.7. The van der Waals surface area contributed by atoms with Gasteiger partial charge in [0.05, 0.1) is 17.8 Å². The number of pyridine rings is 1. The van der Waals surface area contributed by atoms with Gasteiger partial charge in [0.1, 0.15) is 5.75 Å². The van der Waals surface area contributed by atoms with Gasteiger partial charge in [-0.1, -0.05) is 31.5 Å². The van der Waals surface area contributed by atoms with Gasteiger partial charge in [-0.3, -0.25) is 9.78 Å². The fourth-order valence-corrected chi connectivity index (χ4v) is 3.62. The van der Waals surface area contributed by atoms with Crippen molar-refractivity contribution in [1.82, 2.24) is 9.55 Å². The van der Waals surface area contributed by atoms with Crippen LogP contribution in [0.3, 0.4) is 0 Å². The van der Waals surface area contributed by atoms with Crippen LogP contribution in [0, 0.1) is 6.92 Å². The van der Waals surface area contributed by atoms with E-state index in [-0.39, 0.29) is 5.75 Å². The van der Waals surface area contributed by atoms with Gasteiger partial charge >= 0.3 is 6.36 Å². The third kappa shape index (κ3) is 4.64. The fraction of sp³-hybridized carbons (Fsp3) is 0.273. The number of hydrogen-bond acceptors (Lipinski definition) is 3. The Morgan fingerprint density at radius 1 is 1.20 bits per heavy atom. The summed E-state index contributed by atoms with van der Waals surface area (Å²) in [6.45, 7) is 4.19. The number of aromatic nitrogens is 2. The molecule has 0 aliphatic rings. The average molecular weight is 417 g/mol. The molecule has 0 bridgehead atoms. The van der Waals surface area contributed by atoms with Crippen molar-refractivity contribution < 1.29 is 22.7 Å². The molecule has 0 unspecified atom stereocenters. The molecule has 0 radical (unpaired) electrons. The zero-order valence-corrected chi connectivity index (χ0v) is 16.7. The first-order valence-electron chi connectivity index (χ1n) is 9.49. The first-order valence-corrected chi connectivity index (χ1v) is 9.49. The van der Waals surface area contributed by atoms with Gasteiger partial charge in [-0.25, -0.2) is 0 Å². The summed E-state index contributed by atoms with van der Waals surface area (Å²) in [5, 5.41) is 0. The van der Waals surface area contributed by atoms with Gasteiger partial charge in [-0.05, 0) is 43.2 Å². The van der Waals surface area contributed by atoms with Gasteiger partial charge in [-0.2, -0.15) is 0 Å². The molecule has 0 saturated heterocycles. The largest absolute Gasteiger partial charge is 0.573 e. The standard InChI is InChI=1S/C22H22F3N3O2/c1-3-7-18-20(15-8-6-10-17(12-15)30-22(23,24)25)19(21(26)29)14(2)28(18)13-16-9-4-5-11-27-16/h4-6,8-12H,3,7,13H2,1-2H3,(H2,26,29). The number of primary amides is 1. The minimum Gasteiger partial charge on any atom is -0.406 e. The first kappa shape index (κ1) is 21.4. The zero-order chi connectivity index (χ0) is 21.9. The monoisotopic (exact) mass is 417 g/mol. The van der Waals surface area contributed by atoms with E-state index in [2.05, 4.69) is 9.72 Å². The van der Waals surface area contributed by atoms with Crippen molar-refractivity contribution in [1.29, 1.82) is 0 Å². The Hall–Kier alpha value is -3.29. The SMILES string of the molecule is CCCc1c(-c2cccc(OC(F)(F)F)c2)c(C(N)=O)c(C)n1Cc1ccccn1. The molecular formula is C22H22F3N3O2. The number of rotatable bonds is 7. The molecule has 30 heavy (non-hydrogen) atoms. The third-order valence-electron chi connectivity index (χ3n) is 4.77. The van der Waals surface area contributed by atoms with Crippen molar-refractivity contribution in [2.24, 2.45) is 5.73 Å². The molecule has 1 amide bonds. The van der Waals surface area contributed by atoms with Crippen LogP contribution in [0.5, 0.6) is 5.75 Å². The molecule has 0 aliphatic carbocycles. The summed E-state index contributed by atoms with van der Waals surface area (Å²) >= 11 is 0. The highest BCUT2D eigenvalue weighted by molar-refractivity contribution is 6.02. The van der Waals surface area contributed by atoms with Crippen LogP contribution in [0.15, 0.2) is 48.7 Å². The summed E-state index contributed by atoms with van der Waals surface area (Å²) in [7, 11) is 0. The fourth-order valence-electron chi connectivity index (χ4n) is 3.62. The quantitative estimate of drug-likeness (QED) is 0.597. The zero-order valence-electron chi connectivity index (χ0n) is 16.7. The average Bonchev–Trinajstić information content (AvgIpc) is 2.94. The second-order valence-corrected chi connectivity index (χ2v) is 6.88. The van der Waals surface area contributed by atoms with E-state index in [1.807, 2.05) is 29.7 Å². The molecule has 8 heteroatoms. The highest BCUT2D eigenvalue weighted by Crippen LogP contribution is 2.36. The molecule has 3 rings (SSSR count). The lowest BCUT2D eigenvalue weighted by molar-refractivity contribution is -0.274. The second kappa shape index (κ2) is 8.61. The molecule has 5 nitrogen and oxygen atoms in total. The van der Waals surface area contributed by atoms with Gasteiger partial charge in [0.2, 0.25) is 0 Å². The predicted molar refractivity (Wildman–Crippen MR) is 107 cm³/mol. The van der Waals surface area contributed by atoms with E-state index in [0.717, 1.165) is 17.8 Å². The highest BCUT2D eigenvalue weighted by atomic mass is 19.4. The van der Waals surface area contributed by atoms with Crippen molar-refractivity contribution in [2.75, 3.05) is 0 Å². The molecule has 0 atom stereocenters. The van der Waals surface area contributed by atoms with Crippen molar-refractivity contribution in [2.45, 2.75) is 39.6 Å². The Morgan fingerprint density at radius 3 is 2.57 bits per heavy atom. The Bertz CT molecular complexity index is 1040. The summed E-state index contributed by atoms with van der Waals surface area (Å²) in [6, 6.07) is 11.2. The summed E-state index contributed by atoms with van der Waals surface area (Å²) in [6.07, 6.45) is -1.74. The summed E-state index contributed by atoms with van der Waals surface area (Å²) in [5.41, 5.74) is 9.21. The summed E-state index contributed by atoms with van der Waals surface area (Å²) < 4.78 is 44.1. The number of carbonyl (C=O) groups excluding carboxylic acids is 1. The van der Waals surface area contributed by atoms with Crippen molar-refractivity contribution in [3.8, 4) is 16.9 Å². The van der Waals surface area contributed by atoms with Crippen LogP contribution in [0.2, 0.25) is 0 Å². The highest BCUT2D eigenvalue weighted by Gasteiger charge is 2.31. The normalized spacial score (nSPS) is 11.5. The predicted octanol–water partition coefficient (Wildman–Crippen LogP) is 4.86. The van der Waals surface area contributed by atoms with Crippen LogP contribution in [0.1, 0.15) is 40.8 Å². The van der Waals surface area contributed by atoms with Crippen LogP contribution in [0.4, 0.5) is 13.2 Å². The number of nitrogens with zero attached hydrogens (tertiary/aromatic N) is 2. The Kier molecular flexibility index (Phi) is 6.14. The van der Waals surface area contributed by atoms with Gasteiger partial charge in [0.15, 0.2) is 0 Å². The lowest BCUT2D eigenvalue weighted by Gasteiger charge is -2.13. The number of hydrogen-bond donors (Lipinski definition) is 1. The van der Waals surface area contributed by atoms with Crippen molar-refractivity contribution in [3.63, 3.8) is 0 Å². The molecule has 158 valence electrons. The molecule has 1 aromatic carbocycles. The smallest absolute Gasteiger partial charge is 0.406 e. The lowest BCUT2D eigenvalue weighted by atomic mass is 9.98. The topological polar surface area (TPSA) is 70.1 Å². The maximum absolute atomic E-state index is 12.7. The molecule has 2 N–H and O–H groups in total. The summed E-state index contributed by atoms with van der Waals surface area (Å²) in [4.78, 5) is 16.7. The maximum Gasteiger partial charge on any atom is 0.573 e. The van der Waals surface area contributed by atoms with Crippen molar-refractivity contribution >= 4 is 5.91 Å². The molecule has 3 aromatic rings. The minimum absolute atomic E-state index is 0.290. The molecular weight excluding hydrogens is 395 g/mol. The van der Waals surface area contributed by atoms with E-state index >= 15 is 0 Å². The van der Waals surface area contributed by atoms with Crippen LogP contribution < -0.4 is 10.5 Å². The molecule has 0 saturated carbocycles. The van der Waals surface area contributed by atoms with Crippen LogP contribution in [-0.4, -0.2) is 21.8 Å². The number of nitrogens with two attached hydrogens (primary N) is 1. The van der Waals surface area contributed by atoms with Crippen molar-refractivity contribution in [3.05, 3.63) is 71.3 Å². The second-order valence-electron chi connectivity index (χ2n) is 6.88. The van der Waals surface area contributed by atoms with Gasteiger partial charge in [-0.15, -0.1) is 13.2 Å². The van der Waals surface area contributed by atoms with Gasteiger partial charge in [0, 0.05) is 23.1 Å². The van der Waals surface area contributed by atoms with E-state index in [9.17, 15) is 18.0 Å². The van der Waals surface area contributed by atoms with Crippen LogP contribution in [0.25, 0.3) is 11.1 Å². The molecule has 2 aromatic heterocycles. The third-order valence-corrected chi connectivity index (χ3v) is 4.77.